The van der Waals surface area contributed by atoms with E-state index >= 15 is 0 Å². The van der Waals surface area contributed by atoms with E-state index in [2.05, 4.69) is 10.5 Å². The Morgan fingerprint density at radius 3 is 2.82 bits per heavy atom. The maximum atomic E-state index is 14.2. The van der Waals surface area contributed by atoms with E-state index in [-0.39, 0.29) is 25.7 Å². The number of nitrogens with one attached hydrogen (secondary N) is 1. The standard InChI is InChI=1S/C24H17ClFN3O5/c25-19-4-2-1-3-17(19)23(30)27-16-5-6-18-20(9-16)29(24(31)21(18)28-32)10-13-7-15(26)8-14-11-33-12-34-22(13)14/h1-9,32H,10-12H2,(H,27,30)/b28-21-. The van der Waals surface area contributed by atoms with Gasteiger partial charge in [-0.2, -0.15) is 0 Å². The van der Waals surface area contributed by atoms with Gasteiger partial charge in [-0.05, 0) is 42.5 Å². The molecule has 0 atom stereocenters. The number of nitrogens with zero attached hydrogens (tertiary/aromatic N) is 2. The highest BCUT2D eigenvalue weighted by atomic mass is 35.5. The monoisotopic (exact) mass is 481 g/mol. The van der Waals surface area contributed by atoms with Crippen LogP contribution < -0.4 is 15.0 Å². The van der Waals surface area contributed by atoms with Crippen LogP contribution in [-0.2, 0) is 22.7 Å². The first kappa shape index (κ1) is 21.9. The Bertz CT molecular complexity index is 1360. The van der Waals surface area contributed by atoms with Gasteiger partial charge in [-0.15, -0.1) is 0 Å². The third-order valence-corrected chi connectivity index (χ3v) is 5.88. The summed E-state index contributed by atoms with van der Waals surface area (Å²) < 4.78 is 25.0. The lowest BCUT2D eigenvalue weighted by Crippen LogP contribution is -2.30. The topological polar surface area (TPSA) is 100 Å². The molecular formula is C24H17ClFN3O5. The summed E-state index contributed by atoms with van der Waals surface area (Å²) >= 11 is 6.11. The lowest BCUT2D eigenvalue weighted by molar-refractivity contribution is -0.112. The summed E-state index contributed by atoms with van der Waals surface area (Å²) in [5, 5.41) is 15.7. The maximum absolute atomic E-state index is 14.2. The number of amides is 2. The van der Waals surface area contributed by atoms with E-state index in [0.717, 1.165) is 0 Å². The molecule has 3 aromatic carbocycles. The Balaban J connectivity index is 1.50. The average molecular weight is 482 g/mol. The SMILES string of the molecule is O=C(Nc1ccc2c(c1)N(Cc1cc(F)cc3c1OCOC3)C(=O)/C2=N\O)c1ccccc1Cl. The molecule has 8 nitrogen and oxygen atoms in total. The van der Waals surface area contributed by atoms with Crippen LogP contribution in [0.15, 0.2) is 59.8 Å². The van der Waals surface area contributed by atoms with Crippen molar-refractivity contribution in [3.05, 3.63) is 87.7 Å². The average Bonchev–Trinajstić information content (AvgIpc) is 3.09. The predicted molar refractivity (Wildman–Crippen MR) is 122 cm³/mol. The van der Waals surface area contributed by atoms with Crippen molar-refractivity contribution in [1.29, 1.82) is 0 Å². The Kier molecular flexibility index (Phi) is 5.64. The lowest BCUT2D eigenvalue weighted by Gasteiger charge is -2.24. The zero-order chi connectivity index (χ0) is 23.8. The van der Waals surface area contributed by atoms with Gasteiger partial charge in [0.15, 0.2) is 12.5 Å². The van der Waals surface area contributed by atoms with Gasteiger partial charge in [-0.1, -0.05) is 28.9 Å². The minimum Gasteiger partial charge on any atom is -0.467 e. The lowest BCUT2D eigenvalue weighted by atomic mass is 10.1. The number of anilines is 2. The fourth-order valence-electron chi connectivity index (χ4n) is 4.03. The van der Waals surface area contributed by atoms with Crippen molar-refractivity contribution < 1.29 is 28.7 Å². The fourth-order valence-corrected chi connectivity index (χ4v) is 4.25. The maximum Gasteiger partial charge on any atom is 0.281 e. The zero-order valence-corrected chi connectivity index (χ0v) is 18.3. The summed E-state index contributed by atoms with van der Waals surface area (Å²) in [6, 6.07) is 13.9. The summed E-state index contributed by atoms with van der Waals surface area (Å²) in [6.45, 7) is 0.150. The number of hydrogen-bond donors (Lipinski definition) is 2. The molecule has 5 rings (SSSR count). The Morgan fingerprint density at radius 2 is 2.03 bits per heavy atom. The number of carbonyl (C=O) groups excluding carboxylic acids is 2. The molecule has 10 heteroatoms. The summed E-state index contributed by atoms with van der Waals surface area (Å²) in [4.78, 5) is 27.0. The number of rotatable bonds is 4. The largest absolute Gasteiger partial charge is 0.467 e. The molecule has 0 saturated heterocycles. The van der Waals surface area contributed by atoms with Crippen molar-refractivity contribution in [2.45, 2.75) is 13.2 Å². The molecule has 2 aliphatic heterocycles. The van der Waals surface area contributed by atoms with Crippen molar-refractivity contribution in [2.75, 3.05) is 17.0 Å². The third kappa shape index (κ3) is 3.85. The van der Waals surface area contributed by atoms with Gasteiger partial charge in [0.1, 0.15) is 11.6 Å². The number of halogens is 2. The molecule has 2 heterocycles. The molecule has 0 aliphatic carbocycles. The van der Waals surface area contributed by atoms with Crippen LogP contribution in [0.25, 0.3) is 0 Å². The summed E-state index contributed by atoms with van der Waals surface area (Å²) in [7, 11) is 0. The van der Waals surface area contributed by atoms with Crippen LogP contribution in [-0.4, -0.2) is 29.5 Å². The number of hydrogen-bond acceptors (Lipinski definition) is 6. The van der Waals surface area contributed by atoms with Gasteiger partial charge in [0.2, 0.25) is 0 Å². The number of oxime groups is 1. The smallest absolute Gasteiger partial charge is 0.281 e. The predicted octanol–water partition coefficient (Wildman–Crippen LogP) is 4.32. The van der Waals surface area contributed by atoms with E-state index in [9.17, 15) is 19.2 Å². The molecule has 172 valence electrons. The van der Waals surface area contributed by atoms with E-state index in [0.29, 0.717) is 44.4 Å². The molecule has 3 aromatic rings. The Labute approximate surface area is 198 Å². The van der Waals surface area contributed by atoms with Gasteiger partial charge in [0, 0.05) is 22.4 Å². The van der Waals surface area contributed by atoms with E-state index < -0.39 is 17.6 Å². The summed E-state index contributed by atoms with van der Waals surface area (Å²) in [5.41, 5.74) is 2.26. The molecule has 0 spiro atoms. The highest BCUT2D eigenvalue weighted by molar-refractivity contribution is 6.54. The van der Waals surface area contributed by atoms with E-state index in [4.69, 9.17) is 21.1 Å². The van der Waals surface area contributed by atoms with Crippen molar-refractivity contribution in [3.8, 4) is 5.75 Å². The van der Waals surface area contributed by atoms with Crippen molar-refractivity contribution in [1.82, 2.24) is 0 Å². The van der Waals surface area contributed by atoms with Crippen molar-refractivity contribution in [2.24, 2.45) is 5.16 Å². The third-order valence-electron chi connectivity index (χ3n) is 5.55. The first-order valence-corrected chi connectivity index (χ1v) is 10.6. The van der Waals surface area contributed by atoms with Gasteiger partial charge in [-0.3, -0.25) is 9.59 Å². The molecule has 0 bridgehead atoms. The second-order valence-electron chi connectivity index (χ2n) is 7.67. The Hall–Kier alpha value is -3.95. The fraction of sp³-hybridized carbons (Fsp3) is 0.125. The second-order valence-corrected chi connectivity index (χ2v) is 8.08. The van der Waals surface area contributed by atoms with E-state index in [1.807, 2.05) is 0 Å². The second kappa shape index (κ2) is 8.77. The highest BCUT2D eigenvalue weighted by Gasteiger charge is 2.36. The van der Waals surface area contributed by atoms with Gasteiger partial charge in [0.05, 0.1) is 29.4 Å². The molecule has 0 fully saturated rings. The molecule has 0 unspecified atom stereocenters. The molecular weight excluding hydrogens is 465 g/mol. The molecule has 2 amide bonds. The van der Waals surface area contributed by atoms with Gasteiger partial charge in [0.25, 0.3) is 11.8 Å². The molecule has 0 aromatic heterocycles. The number of ether oxygens (including phenoxy) is 2. The molecule has 34 heavy (non-hydrogen) atoms. The minimum atomic E-state index is -0.572. The van der Waals surface area contributed by atoms with Gasteiger partial charge < -0.3 is 24.9 Å². The zero-order valence-electron chi connectivity index (χ0n) is 17.5. The minimum absolute atomic E-state index is 0.0116. The van der Waals surface area contributed by atoms with Crippen LogP contribution in [0.2, 0.25) is 5.02 Å². The molecule has 2 aliphatic rings. The molecule has 2 N–H and O–H groups in total. The van der Waals surface area contributed by atoms with E-state index in [1.54, 1.807) is 42.5 Å². The van der Waals surface area contributed by atoms with Crippen LogP contribution in [0.1, 0.15) is 27.0 Å². The van der Waals surface area contributed by atoms with Crippen LogP contribution in [0.5, 0.6) is 5.75 Å². The van der Waals surface area contributed by atoms with E-state index in [1.165, 1.54) is 17.0 Å². The van der Waals surface area contributed by atoms with Crippen LogP contribution in [0, 0.1) is 5.82 Å². The van der Waals surface area contributed by atoms with Crippen LogP contribution >= 0.6 is 11.6 Å². The number of benzene rings is 3. The quantitative estimate of drug-likeness (QED) is 0.427. The highest BCUT2D eigenvalue weighted by Crippen LogP contribution is 2.37. The summed E-state index contributed by atoms with van der Waals surface area (Å²) in [5.74, 6) is -1.05. The Morgan fingerprint density at radius 1 is 1.21 bits per heavy atom. The number of carbonyl (C=O) groups is 2. The van der Waals surface area contributed by atoms with Crippen LogP contribution in [0.3, 0.4) is 0 Å². The molecule has 0 saturated carbocycles. The molecule has 0 radical (unpaired) electrons. The normalized spacial score (nSPS) is 15.6. The number of fused-ring (bicyclic) bond motifs is 2. The van der Waals surface area contributed by atoms with Crippen LogP contribution in [0.4, 0.5) is 15.8 Å². The van der Waals surface area contributed by atoms with Crippen molar-refractivity contribution in [3.63, 3.8) is 0 Å². The first-order valence-electron chi connectivity index (χ1n) is 10.2. The van der Waals surface area contributed by atoms with Gasteiger partial charge >= 0.3 is 0 Å². The first-order chi connectivity index (χ1) is 16.5. The van der Waals surface area contributed by atoms with Crippen molar-refractivity contribution >= 4 is 40.5 Å². The summed E-state index contributed by atoms with van der Waals surface area (Å²) in [6.07, 6.45) is 0. The van der Waals surface area contributed by atoms with Gasteiger partial charge in [-0.25, -0.2) is 4.39 Å².